The number of hydrogen-bond acceptors (Lipinski definition) is 5. The van der Waals surface area contributed by atoms with Gasteiger partial charge in [-0.3, -0.25) is 9.89 Å². The number of aromatic amines is 1. The van der Waals surface area contributed by atoms with Crippen molar-refractivity contribution in [2.24, 2.45) is 5.92 Å². The average Bonchev–Trinajstić information content (AvgIpc) is 3.29. The van der Waals surface area contributed by atoms with E-state index in [9.17, 15) is 4.79 Å². The molecule has 0 aromatic carbocycles. The van der Waals surface area contributed by atoms with E-state index in [1.165, 1.54) is 4.88 Å². The lowest BCUT2D eigenvalue weighted by Gasteiger charge is -2.21. The zero-order chi connectivity index (χ0) is 17.1. The fourth-order valence-corrected chi connectivity index (χ4v) is 4.07. The number of amides is 1. The summed E-state index contributed by atoms with van der Waals surface area (Å²) in [5.41, 5.74) is 4.58. The molecule has 1 atom stereocenters. The summed E-state index contributed by atoms with van der Waals surface area (Å²) in [6.07, 6.45) is 1.92. The van der Waals surface area contributed by atoms with E-state index >= 15 is 0 Å². The van der Waals surface area contributed by atoms with Gasteiger partial charge in [0.05, 0.1) is 11.2 Å². The highest BCUT2D eigenvalue weighted by Crippen LogP contribution is 2.21. The highest BCUT2D eigenvalue weighted by Gasteiger charge is 2.28. The summed E-state index contributed by atoms with van der Waals surface area (Å²) in [5.74, 6) is 0.575. The lowest BCUT2D eigenvalue weighted by molar-refractivity contribution is 0.0778. The summed E-state index contributed by atoms with van der Waals surface area (Å²) in [7, 11) is 2.14. The van der Waals surface area contributed by atoms with Crippen molar-refractivity contribution >= 4 is 17.2 Å². The lowest BCUT2D eigenvalue weighted by Crippen LogP contribution is -2.31. The number of nitrogens with one attached hydrogen (secondary N) is 1. The van der Waals surface area contributed by atoms with Gasteiger partial charge in [-0.25, -0.2) is 4.98 Å². The Morgan fingerprint density at radius 1 is 1.54 bits per heavy atom. The molecule has 1 aliphatic heterocycles. The zero-order valence-electron chi connectivity index (χ0n) is 14.6. The summed E-state index contributed by atoms with van der Waals surface area (Å²) >= 11 is 1.71. The molecule has 1 aliphatic rings. The molecular weight excluding hydrogens is 322 g/mol. The third-order valence-electron chi connectivity index (χ3n) is 4.63. The molecule has 2 aromatic heterocycles. The van der Waals surface area contributed by atoms with Crippen LogP contribution in [0, 0.1) is 12.8 Å². The summed E-state index contributed by atoms with van der Waals surface area (Å²) in [5, 5.41) is 7.07. The number of carbonyl (C=O) groups excluding carboxylic acids is 1. The Balaban J connectivity index is 1.51. The van der Waals surface area contributed by atoms with Crippen LogP contribution in [0.3, 0.4) is 0 Å². The molecule has 7 heteroatoms. The second-order valence-corrected chi connectivity index (χ2v) is 7.53. The summed E-state index contributed by atoms with van der Waals surface area (Å²) in [4.78, 5) is 22.4. The number of nitrogens with zero attached hydrogens (tertiary/aromatic N) is 4. The standard InChI is InChI=1S/C17H25N5OS/c1-4-14-7-15(20-19-14)17(23)22-6-5-13(9-22)8-21(3)10-16-12(2)18-11-24-16/h7,11,13H,4-6,8-10H2,1-3H3,(H,19,20)/t13-/m0/s1. The van der Waals surface area contributed by atoms with Crippen LogP contribution in [0.2, 0.25) is 0 Å². The van der Waals surface area contributed by atoms with Gasteiger partial charge in [0, 0.05) is 36.8 Å². The van der Waals surface area contributed by atoms with E-state index in [1.54, 1.807) is 11.3 Å². The van der Waals surface area contributed by atoms with E-state index in [0.717, 1.165) is 50.4 Å². The normalized spacial score (nSPS) is 17.8. The molecule has 0 aliphatic carbocycles. The largest absolute Gasteiger partial charge is 0.337 e. The van der Waals surface area contributed by atoms with Crippen LogP contribution in [0.25, 0.3) is 0 Å². The van der Waals surface area contributed by atoms with Crippen LogP contribution in [0.4, 0.5) is 0 Å². The Bertz CT molecular complexity index is 695. The van der Waals surface area contributed by atoms with Gasteiger partial charge in [0.15, 0.2) is 0 Å². The van der Waals surface area contributed by atoms with Crippen LogP contribution >= 0.6 is 11.3 Å². The quantitative estimate of drug-likeness (QED) is 0.871. The van der Waals surface area contributed by atoms with Crippen molar-refractivity contribution < 1.29 is 4.79 Å². The summed E-state index contributed by atoms with van der Waals surface area (Å²) in [6.45, 7) is 7.69. The smallest absolute Gasteiger partial charge is 0.274 e. The third kappa shape index (κ3) is 3.84. The Kier molecular flexibility index (Phi) is 5.30. The summed E-state index contributed by atoms with van der Waals surface area (Å²) < 4.78 is 0. The first-order chi connectivity index (χ1) is 11.6. The molecule has 0 unspecified atom stereocenters. The second kappa shape index (κ2) is 7.44. The van der Waals surface area contributed by atoms with Gasteiger partial charge < -0.3 is 9.80 Å². The molecule has 1 amide bonds. The fraction of sp³-hybridized carbons (Fsp3) is 0.588. The molecular formula is C17H25N5OS. The first-order valence-corrected chi connectivity index (χ1v) is 9.35. The number of rotatable bonds is 6. The molecule has 1 fully saturated rings. The molecule has 1 N–H and O–H groups in total. The van der Waals surface area contributed by atoms with Crippen molar-refractivity contribution in [2.75, 3.05) is 26.7 Å². The van der Waals surface area contributed by atoms with Crippen molar-refractivity contribution in [3.63, 3.8) is 0 Å². The van der Waals surface area contributed by atoms with Crippen molar-refractivity contribution in [3.05, 3.63) is 33.5 Å². The van der Waals surface area contributed by atoms with E-state index in [2.05, 4.69) is 34.1 Å². The Labute approximate surface area is 146 Å². The topological polar surface area (TPSA) is 65.1 Å². The van der Waals surface area contributed by atoms with Crippen molar-refractivity contribution in [3.8, 4) is 0 Å². The van der Waals surface area contributed by atoms with Crippen LogP contribution in [-0.4, -0.2) is 57.6 Å². The SMILES string of the molecule is CCc1cc(C(=O)N2CC[C@@H](CN(C)Cc3scnc3C)C2)n[nH]1. The van der Waals surface area contributed by atoms with Gasteiger partial charge in [-0.15, -0.1) is 11.3 Å². The van der Waals surface area contributed by atoms with Crippen LogP contribution in [-0.2, 0) is 13.0 Å². The van der Waals surface area contributed by atoms with E-state index in [0.29, 0.717) is 11.6 Å². The number of aryl methyl sites for hydroxylation is 2. The molecule has 6 nitrogen and oxygen atoms in total. The first kappa shape index (κ1) is 17.1. The molecule has 3 heterocycles. The minimum absolute atomic E-state index is 0.0504. The summed E-state index contributed by atoms with van der Waals surface area (Å²) in [6, 6.07) is 1.87. The monoisotopic (exact) mass is 347 g/mol. The molecule has 0 bridgehead atoms. The maximum Gasteiger partial charge on any atom is 0.274 e. The van der Waals surface area contributed by atoms with Gasteiger partial charge in [-0.2, -0.15) is 5.10 Å². The molecule has 0 saturated carbocycles. The first-order valence-electron chi connectivity index (χ1n) is 8.48. The Hall–Kier alpha value is -1.73. The Morgan fingerprint density at radius 3 is 3.04 bits per heavy atom. The number of thiazole rings is 1. The van der Waals surface area contributed by atoms with E-state index in [4.69, 9.17) is 0 Å². The zero-order valence-corrected chi connectivity index (χ0v) is 15.4. The second-order valence-electron chi connectivity index (χ2n) is 6.60. The average molecular weight is 347 g/mol. The lowest BCUT2D eigenvalue weighted by atomic mass is 10.1. The van der Waals surface area contributed by atoms with E-state index in [-0.39, 0.29) is 5.91 Å². The van der Waals surface area contributed by atoms with Crippen LogP contribution in [0.15, 0.2) is 11.6 Å². The van der Waals surface area contributed by atoms with Gasteiger partial charge in [0.1, 0.15) is 5.69 Å². The number of carbonyl (C=O) groups is 1. The molecule has 3 rings (SSSR count). The van der Waals surface area contributed by atoms with E-state index < -0.39 is 0 Å². The van der Waals surface area contributed by atoms with Crippen LogP contribution in [0.1, 0.15) is 40.1 Å². The fourth-order valence-electron chi connectivity index (χ4n) is 3.21. The highest BCUT2D eigenvalue weighted by molar-refractivity contribution is 7.09. The maximum absolute atomic E-state index is 12.5. The van der Waals surface area contributed by atoms with Crippen molar-refractivity contribution in [1.29, 1.82) is 0 Å². The molecule has 0 radical (unpaired) electrons. The highest BCUT2D eigenvalue weighted by atomic mass is 32.1. The van der Waals surface area contributed by atoms with Gasteiger partial charge in [0.25, 0.3) is 5.91 Å². The predicted molar refractivity (Wildman–Crippen MR) is 95.2 cm³/mol. The molecule has 24 heavy (non-hydrogen) atoms. The third-order valence-corrected chi connectivity index (χ3v) is 5.55. The Morgan fingerprint density at radius 2 is 2.38 bits per heavy atom. The minimum Gasteiger partial charge on any atom is -0.337 e. The van der Waals surface area contributed by atoms with E-state index in [1.807, 2.05) is 23.4 Å². The number of hydrogen-bond donors (Lipinski definition) is 1. The molecule has 0 spiro atoms. The van der Waals surface area contributed by atoms with Crippen LogP contribution in [0.5, 0.6) is 0 Å². The van der Waals surface area contributed by atoms with Gasteiger partial charge in [-0.05, 0) is 38.8 Å². The molecule has 2 aromatic rings. The van der Waals surface area contributed by atoms with Gasteiger partial charge >= 0.3 is 0 Å². The number of likely N-dealkylation sites (tertiary alicyclic amines) is 1. The maximum atomic E-state index is 12.5. The predicted octanol–water partition coefficient (Wildman–Crippen LogP) is 2.33. The van der Waals surface area contributed by atoms with Gasteiger partial charge in [0.2, 0.25) is 0 Å². The molecule has 130 valence electrons. The molecule has 1 saturated heterocycles. The minimum atomic E-state index is 0.0504. The van der Waals surface area contributed by atoms with Gasteiger partial charge in [-0.1, -0.05) is 6.92 Å². The van der Waals surface area contributed by atoms with Crippen LogP contribution < -0.4 is 0 Å². The van der Waals surface area contributed by atoms with Crippen molar-refractivity contribution in [2.45, 2.75) is 33.2 Å². The van der Waals surface area contributed by atoms with Crippen molar-refractivity contribution in [1.82, 2.24) is 25.0 Å². The number of H-pyrrole nitrogens is 1. The number of aromatic nitrogens is 3.